The van der Waals surface area contributed by atoms with Crippen molar-refractivity contribution in [3.05, 3.63) is 0 Å². The summed E-state index contributed by atoms with van der Waals surface area (Å²) in [5, 5.41) is 0.207. The molecule has 0 saturated heterocycles. The first-order chi connectivity index (χ1) is 8.49. The maximum Gasteiger partial charge on any atom is 0.0472 e. The molecule has 0 bridgehead atoms. The fourth-order valence-corrected chi connectivity index (χ4v) is 2.98. The lowest BCUT2D eigenvalue weighted by Crippen LogP contribution is -2.12. The fraction of sp³-hybridized carbons (Fsp3) is 1.00. The third-order valence-electron chi connectivity index (χ3n) is 2.67. The Bertz CT molecular complexity index is 189. The first-order valence-corrected chi connectivity index (χ1v) is 8.99. The van der Waals surface area contributed by atoms with Crippen molar-refractivity contribution < 1.29 is 0 Å². The van der Waals surface area contributed by atoms with E-state index in [9.17, 15) is 0 Å². The van der Waals surface area contributed by atoms with Crippen LogP contribution in [0.1, 0.15) is 38.5 Å². The zero-order valence-corrected chi connectivity index (χ0v) is 14.8. The minimum Gasteiger partial charge on any atom is -0.125 e. The fourth-order valence-electron chi connectivity index (χ4n) is 1.59. The van der Waals surface area contributed by atoms with E-state index in [4.69, 9.17) is 69.6 Å². The van der Waals surface area contributed by atoms with Crippen LogP contribution in [0.4, 0.5) is 0 Å². The van der Waals surface area contributed by atoms with Gasteiger partial charge in [0.1, 0.15) is 0 Å². The average molecular weight is 377 g/mol. The molecule has 18 heavy (non-hydrogen) atoms. The normalized spacial score (nSPS) is 18.3. The van der Waals surface area contributed by atoms with Crippen LogP contribution >= 0.6 is 69.6 Å². The van der Waals surface area contributed by atoms with Crippen molar-refractivity contribution in [3.8, 4) is 0 Å². The van der Waals surface area contributed by atoms with E-state index in [1.165, 1.54) is 0 Å². The summed E-state index contributed by atoms with van der Waals surface area (Å²) in [6.45, 7) is 0. The van der Waals surface area contributed by atoms with Crippen LogP contribution in [0, 0.1) is 0 Å². The van der Waals surface area contributed by atoms with Crippen molar-refractivity contribution in [2.24, 2.45) is 0 Å². The van der Waals surface area contributed by atoms with Crippen molar-refractivity contribution in [3.63, 3.8) is 0 Å². The van der Waals surface area contributed by atoms with Gasteiger partial charge in [0.05, 0.1) is 0 Å². The lowest BCUT2D eigenvalue weighted by molar-refractivity contribution is 0.577. The molecule has 0 fully saturated rings. The molecule has 0 amide bonds. The van der Waals surface area contributed by atoms with Crippen LogP contribution < -0.4 is 0 Å². The molecule has 0 rings (SSSR count). The number of rotatable bonds is 11. The van der Waals surface area contributed by atoms with Gasteiger partial charge in [-0.25, -0.2) is 0 Å². The van der Waals surface area contributed by atoms with Crippen LogP contribution in [0.3, 0.4) is 0 Å². The molecular formula is C12H20Cl6. The number of hydrogen-bond acceptors (Lipinski definition) is 0. The summed E-state index contributed by atoms with van der Waals surface area (Å²) in [4.78, 5) is 0. The predicted octanol–water partition coefficient (Wildman–Crippen LogP) is 6.23. The van der Waals surface area contributed by atoms with Gasteiger partial charge in [0, 0.05) is 33.3 Å². The van der Waals surface area contributed by atoms with Gasteiger partial charge in [0.15, 0.2) is 0 Å². The van der Waals surface area contributed by atoms with Crippen LogP contribution in [0.25, 0.3) is 0 Å². The van der Waals surface area contributed by atoms with Gasteiger partial charge in [0.2, 0.25) is 0 Å². The van der Waals surface area contributed by atoms with Crippen LogP contribution in [0.15, 0.2) is 0 Å². The van der Waals surface area contributed by atoms with Gasteiger partial charge in [-0.2, -0.15) is 0 Å². The molecule has 0 N–H and O–H groups in total. The van der Waals surface area contributed by atoms with Gasteiger partial charge in [-0.3, -0.25) is 0 Å². The largest absolute Gasteiger partial charge is 0.125 e. The van der Waals surface area contributed by atoms with Gasteiger partial charge >= 0.3 is 0 Å². The molecule has 0 nitrogen and oxygen atoms in total. The molecule has 0 saturated carbocycles. The summed E-state index contributed by atoms with van der Waals surface area (Å²) < 4.78 is 0. The van der Waals surface area contributed by atoms with E-state index in [0.29, 0.717) is 11.8 Å². The Morgan fingerprint density at radius 2 is 0.944 bits per heavy atom. The van der Waals surface area contributed by atoms with Gasteiger partial charge in [-0.05, 0) is 32.1 Å². The Hall–Kier alpha value is 1.74. The van der Waals surface area contributed by atoms with E-state index >= 15 is 0 Å². The van der Waals surface area contributed by atoms with Gasteiger partial charge in [-0.15, -0.1) is 69.6 Å². The van der Waals surface area contributed by atoms with E-state index in [1.54, 1.807) is 0 Å². The smallest absolute Gasteiger partial charge is 0.0472 e. The summed E-state index contributed by atoms with van der Waals surface area (Å²) in [6.07, 6.45) is 5.29. The Kier molecular flexibility index (Phi) is 13.7. The number of alkyl halides is 6. The third kappa shape index (κ3) is 11.6. The van der Waals surface area contributed by atoms with Crippen molar-refractivity contribution in [2.75, 3.05) is 11.8 Å². The predicted molar refractivity (Wildman–Crippen MR) is 87.7 cm³/mol. The second-order valence-electron chi connectivity index (χ2n) is 4.44. The quantitative estimate of drug-likeness (QED) is 0.375. The Labute approximate surface area is 141 Å². The molecular weight excluding hydrogens is 357 g/mol. The first kappa shape index (κ1) is 19.7. The second kappa shape index (κ2) is 12.5. The van der Waals surface area contributed by atoms with Gasteiger partial charge in [0.25, 0.3) is 0 Å². The molecule has 0 aliphatic heterocycles. The van der Waals surface area contributed by atoms with E-state index in [2.05, 4.69) is 0 Å². The van der Waals surface area contributed by atoms with Gasteiger partial charge < -0.3 is 0 Å². The summed E-state index contributed by atoms with van der Waals surface area (Å²) >= 11 is 35.6. The average Bonchev–Trinajstić information content (AvgIpc) is 2.35. The molecule has 0 spiro atoms. The summed E-state index contributed by atoms with van der Waals surface area (Å²) in [6, 6.07) is 0. The van der Waals surface area contributed by atoms with E-state index < -0.39 is 0 Å². The van der Waals surface area contributed by atoms with Crippen molar-refractivity contribution in [2.45, 2.75) is 60.0 Å². The highest BCUT2D eigenvalue weighted by Crippen LogP contribution is 2.22. The van der Waals surface area contributed by atoms with Crippen molar-refractivity contribution in [1.82, 2.24) is 0 Å². The van der Waals surface area contributed by atoms with Crippen LogP contribution in [-0.4, -0.2) is 33.3 Å². The number of halogens is 6. The highest BCUT2D eigenvalue weighted by molar-refractivity contribution is 6.28. The lowest BCUT2D eigenvalue weighted by atomic mass is 10.1. The zero-order valence-electron chi connectivity index (χ0n) is 10.2. The van der Waals surface area contributed by atoms with Crippen LogP contribution in [0.5, 0.6) is 0 Å². The Balaban J connectivity index is 3.57. The SMILES string of the molecule is ClCC(Cl)CCCC(Cl)CC(Cl)CCC(Cl)CCl. The molecule has 0 aromatic rings. The van der Waals surface area contributed by atoms with Crippen LogP contribution in [0.2, 0.25) is 0 Å². The Morgan fingerprint density at radius 3 is 1.50 bits per heavy atom. The van der Waals surface area contributed by atoms with Crippen molar-refractivity contribution >= 4 is 69.6 Å². The van der Waals surface area contributed by atoms with Crippen LogP contribution in [-0.2, 0) is 0 Å². The monoisotopic (exact) mass is 374 g/mol. The molecule has 0 radical (unpaired) electrons. The summed E-state index contributed by atoms with van der Waals surface area (Å²) in [5.74, 6) is 0.952. The highest BCUT2D eigenvalue weighted by Gasteiger charge is 2.14. The maximum atomic E-state index is 6.23. The molecule has 0 aliphatic rings. The first-order valence-electron chi connectivity index (χ1n) is 6.17. The molecule has 0 heterocycles. The minimum absolute atomic E-state index is 0.00224. The molecule has 4 atom stereocenters. The summed E-state index contributed by atoms with van der Waals surface area (Å²) in [5.41, 5.74) is 0. The molecule has 6 heteroatoms. The standard InChI is InChI=1S/C12H20Cl6/c13-7-11(17)3-1-2-9(15)6-10(16)4-5-12(18)8-14/h9-12H,1-8H2. The lowest BCUT2D eigenvalue weighted by Gasteiger charge is -2.15. The minimum atomic E-state index is 0.00224. The van der Waals surface area contributed by atoms with E-state index in [0.717, 1.165) is 38.5 Å². The number of hydrogen-bond donors (Lipinski definition) is 0. The molecule has 0 aliphatic carbocycles. The molecule has 0 aromatic carbocycles. The third-order valence-corrected chi connectivity index (χ3v) is 5.27. The topological polar surface area (TPSA) is 0 Å². The summed E-state index contributed by atoms with van der Waals surface area (Å²) in [7, 11) is 0. The van der Waals surface area contributed by atoms with E-state index in [1.807, 2.05) is 0 Å². The maximum absolute atomic E-state index is 6.23. The highest BCUT2D eigenvalue weighted by atomic mass is 35.5. The zero-order chi connectivity index (χ0) is 14.0. The molecule has 0 aromatic heterocycles. The second-order valence-corrected chi connectivity index (χ2v) is 7.53. The molecule has 110 valence electrons. The Morgan fingerprint density at radius 1 is 0.556 bits per heavy atom. The van der Waals surface area contributed by atoms with Crippen molar-refractivity contribution in [1.29, 1.82) is 0 Å². The van der Waals surface area contributed by atoms with Gasteiger partial charge in [-0.1, -0.05) is 6.42 Å². The van der Waals surface area contributed by atoms with E-state index in [-0.39, 0.29) is 21.5 Å². The molecule has 4 unspecified atom stereocenters.